The van der Waals surface area contributed by atoms with Crippen molar-refractivity contribution < 1.29 is 13.2 Å². The van der Waals surface area contributed by atoms with Gasteiger partial charge in [-0.2, -0.15) is 0 Å². The Morgan fingerprint density at radius 1 is 1.28 bits per heavy atom. The predicted octanol–water partition coefficient (Wildman–Crippen LogP) is 0.617. The molecule has 1 fully saturated rings. The van der Waals surface area contributed by atoms with E-state index in [1.807, 2.05) is 0 Å². The summed E-state index contributed by atoms with van der Waals surface area (Å²) in [6.45, 7) is 3.70. The van der Waals surface area contributed by atoms with Crippen molar-refractivity contribution in [3.05, 3.63) is 0 Å². The first-order valence-corrected chi connectivity index (χ1v) is 8.51. The normalized spacial score (nSPS) is 18.9. The van der Waals surface area contributed by atoms with Gasteiger partial charge in [-0.15, -0.1) is 0 Å². The highest BCUT2D eigenvalue weighted by Gasteiger charge is 2.19. The summed E-state index contributed by atoms with van der Waals surface area (Å²) in [5.74, 6) is 0.464. The van der Waals surface area contributed by atoms with E-state index >= 15 is 0 Å². The van der Waals surface area contributed by atoms with Crippen molar-refractivity contribution in [1.29, 1.82) is 0 Å². The van der Waals surface area contributed by atoms with E-state index in [1.54, 1.807) is 0 Å². The van der Waals surface area contributed by atoms with Crippen molar-refractivity contribution in [2.75, 3.05) is 32.4 Å². The van der Waals surface area contributed by atoms with Gasteiger partial charge in [0.1, 0.15) is 6.29 Å². The van der Waals surface area contributed by atoms with Crippen LogP contribution in [0.3, 0.4) is 0 Å². The molecule has 6 heteroatoms. The van der Waals surface area contributed by atoms with Crippen molar-refractivity contribution in [3.8, 4) is 0 Å². The largest absolute Gasteiger partial charge is 0.303 e. The van der Waals surface area contributed by atoms with Crippen LogP contribution in [0.1, 0.15) is 32.1 Å². The van der Waals surface area contributed by atoms with Crippen LogP contribution in [0.25, 0.3) is 0 Å². The first-order valence-electron chi connectivity index (χ1n) is 6.62. The van der Waals surface area contributed by atoms with Gasteiger partial charge in [-0.05, 0) is 51.2 Å². The van der Waals surface area contributed by atoms with Crippen molar-refractivity contribution in [2.24, 2.45) is 5.92 Å². The standard InChI is InChI=1S/C12H24N2O3S/c1-18(16,17)13-11-12-5-8-14(9-6-12)7-3-2-4-10-15/h10,12-13H,2-9,11H2,1H3. The van der Waals surface area contributed by atoms with Crippen LogP contribution in [-0.2, 0) is 14.8 Å². The summed E-state index contributed by atoms with van der Waals surface area (Å²) in [5.41, 5.74) is 0. The van der Waals surface area contributed by atoms with Crippen LogP contribution in [0.5, 0.6) is 0 Å². The highest BCUT2D eigenvalue weighted by atomic mass is 32.2. The van der Waals surface area contributed by atoms with Crippen molar-refractivity contribution in [3.63, 3.8) is 0 Å². The Morgan fingerprint density at radius 2 is 1.94 bits per heavy atom. The topological polar surface area (TPSA) is 66.5 Å². The summed E-state index contributed by atoms with van der Waals surface area (Å²) >= 11 is 0. The van der Waals surface area contributed by atoms with Gasteiger partial charge in [0.2, 0.25) is 10.0 Å². The van der Waals surface area contributed by atoms with E-state index in [1.165, 1.54) is 6.26 Å². The molecule has 1 saturated heterocycles. The highest BCUT2D eigenvalue weighted by Crippen LogP contribution is 2.17. The second kappa shape index (κ2) is 7.86. The lowest BCUT2D eigenvalue weighted by atomic mass is 9.97. The molecule has 18 heavy (non-hydrogen) atoms. The Bertz CT molecular complexity index is 335. The zero-order valence-corrected chi connectivity index (χ0v) is 11.9. The summed E-state index contributed by atoms with van der Waals surface area (Å²) < 4.78 is 24.6. The number of hydrogen-bond donors (Lipinski definition) is 1. The van der Waals surface area contributed by atoms with Crippen LogP contribution in [0.2, 0.25) is 0 Å². The molecule has 0 spiro atoms. The molecule has 1 aliphatic heterocycles. The summed E-state index contributed by atoms with van der Waals surface area (Å²) in [5, 5.41) is 0. The quantitative estimate of drug-likeness (QED) is 0.521. The second-order valence-electron chi connectivity index (χ2n) is 5.07. The number of nitrogens with one attached hydrogen (secondary N) is 1. The molecule has 0 bridgehead atoms. The lowest BCUT2D eigenvalue weighted by molar-refractivity contribution is -0.107. The number of carbonyl (C=O) groups excluding carboxylic acids is 1. The number of rotatable bonds is 8. The Morgan fingerprint density at radius 3 is 2.50 bits per heavy atom. The molecular weight excluding hydrogens is 252 g/mol. The second-order valence-corrected chi connectivity index (χ2v) is 6.90. The molecule has 0 radical (unpaired) electrons. The van der Waals surface area contributed by atoms with Gasteiger partial charge in [0.25, 0.3) is 0 Å². The SMILES string of the molecule is CS(=O)(=O)NCC1CCN(CCCCC=O)CC1. The van der Waals surface area contributed by atoms with Gasteiger partial charge in [0.05, 0.1) is 6.26 Å². The van der Waals surface area contributed by atoms with E-state index in [2.05, 4.69) is 9.62 Å². The van der Waals surface area contributed by atoms with E-state index in [4.69, 9.17) is 0 Å². The number of unbranched alkanes of at least 4 members (excludes halogenated alkanes) is 2. The van der Waals surface area contributed by atoms with Crippen LogP contribution in [0.15, 0.2) is 0 Å². The number of aldehydes is 1. The van der Waals surface area contributed by atoms with Crippen LogP contribution in [-0.4, -0.2) is 52.0 Å². The smallest absolute Gasteiger partial charge is 0.208 e. The molecule has 0 amide bonds. The Balaban J connectivity index is 2.11. The average Bonchev–Trinajstić information content (AvgIpc) is 2.33. The minimum atomic E-state index is -3.05. The van der Waals surface area contributed by atoms with E-state index in [0.29, 0.717) is 18.9 Å². The van der Waals surface area contributed by atoms with Gasteiger partial charge in [-0.25, -0.2) is 13.1 Å². The van der Waals surface area contributed by atoms with Crippen molar-refractivity contribution >= 4 is 16.3 Å². The fourth-order valence-corrected chi connectivity index (χ4v) is 2.78. The summed E-state index contributed by atoms with van der Waals surface area (Å²) in [6, 6.07) is 0. The van der Waals surface area contributed by atoms with Gasteiger partial charge in [-0.1, -0.05) is 0 Å². The monoisotopic (exact) mass is 276 g/mol. The van der Waals surface area contributed by atoms with Crippen LogP contribution < -0.4 is 4.72 Å². The fourth-order valence-electron chi connectivity index (χ4n) is 2.25. The summed E-state index contributed by atoms with van der Waals surface area (Å²) in [7, 11) is -3.05. The molecule has 0 atom stereocenters. The van der Waals surface area contributed by atoms with Crippen LogP contribution >= 0.6 is 0 Å². The maximum Gasteiger partial charge on any atom is 0.208 e. The van der Waals surface area contributed by atoms with E-state index < -0.39 is 10.0 Å². The third-order valence-electron chi connectivity index (χ3n) is 3.39. The molecular formula is C12H24N2O3S. The lowest BCUT2D eigenvalue weighted by Crippen LogP contribution is -2.38. The third-order valence-corrected chi connectivity index (χ3v) is 4.08. The molecule has 0 saturated carbocycles. The predicted molar refractivity (Wildman–Crippen MR) is 71.9 cm³/mol. The van der Waals surface area contributed by atoms with E-state index in [-0.39, 0.29) is 0 Å². The zero-order valence-electron chi connectivity index (χ0n) is 11.1. The first-order chi connectivity index (χ1) is 8.51. The van der Waals surface area contributed by atoms with Crippen molar-refractivity contribution in [1.82, 2.24) is 9.62 Å². The molecule has 0 aromatic rings. The zero-order chi connectivity index (χ0) is 13.4. The van der Waals surface area contributed by atoms with Gasteiger partial charge in [-0.3, -0.25) is 0 Å². The molecule has 1 heterocycles. The number of carbonyl (C=O) groups is 1. The Labute approximate surface area is 110 Å². The van der Waals surface area contributed by atoms with Gasteiger partial charge in [0, 0.05) is 13.0 Å². The molecule has 1 aliphatic rings. The highest BCUT2D eigenvalue weighted by molar-refractivity contribution is 7.88. The molecule has 0 aromatic heterocycles. The lowest BCUT2D eigenvalue weighted by Gasteiger charge is -2.31. The molecule has 0 aliphatic carbocycles. The van der Waals surface area contributed by atoms with Crippen LogP contribution in [0, 0.1) is 5.92 Å². The number of likely N-dealkylation sites (tertiary alicyclic amines) is 1. The molecule has 0 aromatic carbocycles. The Kier molecular flexibility index (Phi) is 6.81. The van der Waals surface area contributed by atoms with E-state index in [0.717, 1.165) is 51.6 Å². The molecule has 0 unspecified atom stereocenters. The number of piperidine rings is 1. The van der Waals surface area contributed by atoms with Crippen molar-refractivity contribution in [2.45, 2.75) is 32.1 Å². The van der Waals surface area contributed by atoms with E-state index in [9.17, 15) is 13.2 Å². The average molecular weight is 276 g/mol. The van der Waals surface area contributed by atoms with Gasteiger partial charge < -0.3 is 9.69 Å². The van der Waals surface area contributed by atoms with Gasteiger partial charge >= 0.3 is 0 Å². The number of nitrogens with zero attached hydrogens (tertiary/aromatic N) is 1. The maximum atomic E-state index is 11.0. The van der Waals surface area contributed by atoms with Gasteiger partial charge in [0.15, 0.2) is 0 Å². The maximum absolute atomic E-state index is 11.0. The van der Waals surface area contributed by atoms with Crippen LogP contribution in [0.4, 0.5) is 0 Å². The third kappa shape index (κ3) is 7.08. The molecule has 5 nitrogen and oxygen atoms in total. The number of hydrogen-bond acceptors (Lipinski definition) is 4. The fraction of sp³-hybridized carbons (Fsp3) is 0.917. The first kappa shape index (κ1) is 15.6. The Hall–Kier alpha value is -0.460. The minimum absolute atomic E-state index is 0.464. The summed E-state index contributed by atoms with van der Waals surface area (Å²) in [6.07, 6.45) is 6.99. The molecule has 106 valence electrons. The minimum Gasteiger partial charge on any atom is -0.303 e. The number of sulfonamides is 1. The summed E-state index contributed by atoms with van der Waals surface area (Å²) in [4.78, 5) is 12.6. The molecule has 1 rings (SSSR count). The molecule has 1 N–H and O–H groups in total.